The van der Waals surface area contributed by atoms with E-state index in [2.05, 4.69) is 38.6 Å². The highest BCUT2D eigenvalue weighted by atomic mass is 32.2. The summed E-state index contributed by atoms with van der Waals surface area (Å²) in [6, 6.07) is 12.0. The first kappa shape index (κ1) is 33.0. The van der Waals surface area contributed by atoms with Gasteiger partial charge in [-0.3, -0.25) is 0 Å². The van der Waals surface area contributed by atoms with Crippen LogP contribution >= 0.6 is 0 Å². The second kappa shape index (κ2) is 12.0. The zero-order chi connectivity index (χ0) is 30.1. The van der Waals surface area contributed by atoms with E-state index < -0.39 is 56.7 Å². The Hall–Kier alpha value is -1.46. The number of hydrogen-bond acceptors (Lipinski definition) is 4. The van der Waals surface area contributed by atoms with Crippen LogP contribution in [0.25, 0.3) is 0 Å². The molecule has 0 spiro atoms. The highest BCUT2D eigenvalue weighted by molar-refractivity contribution is 7.92. The molecule has 40 heavy (non-hydrogen) atoms. The smallest absolute Gasteiger partial charge is 0.222 e. The summed E-state index contributed by atoms with van der Waals surface area (Å²) in [5.74, 6) is -0.440. The minimum Gasteiger partial charge on any atom is -0.414 e. The van der Waals surface area contributed by atoms with Crippen molar-refractivity contribution in [2.24, 2.45) is 0 Å². The van der Waals surface area contributed by atoms with Crippen LogP contribution in [0.4, 0.5) is 8.78 Å². The van der Waals surface area contributed by atoms with Crippen LogP contribution in [-0.4, -0.2) is 43.3 Å². The lowest BCUT2D eigenvalue weighted by Crippen LogP contribution is -2.59. The second-order valence-electron chi connectivity index (χ2n) is 13.4. The SMILES string of the molecule is CC(C)(C)S(=O)NC(C(F)S(=O)(=O)c1ccccc1)C1(c2ccc(F)cc2)CCC(O[Si](C)(C)C(C)(C)C)CC1. The molecule has 10 heteroatoms. The quantitative estimate of drug-likeness (QED) is 0.303. The van der Waals surface area contributed by atoms with Gasteiger partial charge in [0.15, 0.2) is 8.32 Å². The molecular weight excluding hydrogens is 569 g/mol. The Bertz CT molecular complexity index is 1270. The lowest BCUT2D eigenvalue weighted by atomic mass is 9.64. The van der Waals surface area contributed by atoms with E-state index >= 15 is 4.39 Å². The number of rotatable bonds is 9. The van der Waals surface area contributed by atoms with Gasteiger partial charge in [-0.2, -0.15) is 0 Å². The molecule has 224 valence electrons. The summed E-state index contributed by atoms with van der Waals surface area (Å²) < 4.78 is 80.3. The summed E-state index contributed by atoms with van der Waals surface area (Å²) >= 11 is 0. The molecule has 1 fully saturated rings. The summed E-state index contributed by atoms with van der Waals surface area (Å²) in [6.45, 7) is 16.2. The number of sulfone groups is 1. The van der Waals surface area contributed by atoms with Crippen molar-refractivity contribution in [2.45, 2.75) is 118 Å². The van der Waals surface area contributed by atoms with Gasteiger partial charge in [-0.05, 0) is 94.4 Å². The average molecular weight is 614 g/mol. The maximum atomic E-state index is 16.7. The third-order valence-electron chi connectivity index (χ3n) is 8.53. The van der Waals surface area contributed by atoms with Crippen molar-refractivity contribution < 1.29 is 25.8 Å². The third kappa shape index (κ3) is 7.11. The molecule has 3 rings (SSSR count). The molecule has 3 unspecified atom stereocenters. The minimum atomic E-state index is -4.46. The van der Waals surface area contributed by atoms with Crippen molar-refractivity contribution in [1.82, 2.24) is 4.72 Å². The molecular formula is C30H45F2NO4S2Si. The monoisotopic (exact) mass is 613 g/mol. The number of benzene rings is 2. The normalized spacial score (nSPS) is 23.4. The molecule has 0 bridgehead atoms. The van der Waals surface area contributed by atoms with Crippen molar-refractivity contribution in [1.29, 1.82) is 0 Å². The van der Waals surface area contributed by atoms with E-state index in [1.54, 1.807) is 51.1 Å². The van der Waals surface area contributed by atoms with Crippen molar-refractivity contribution >= 4 is 29.1 Å². The molecule has 3 atom stereocenters. The van der Waals surface area contributed by atoms with E-state index in [4.69, 9.17) is 4.43 Å². The summed E-state index contributed by atoms with van der Waals surface area (Å²) in [6.07, 6.45) is 1.86. The van der Waals surface area contributed by atoms with Crippen LogP contribution in [0.2, 0.25) is 18.1 Å². The Balaban J connectivity index is 2.11. The van der Waals surface area contributed by atoms with Gasteiger partial charge in [0.2, 0.25) is 15.3 Å². The van der Waals surface area contributed by atoms with Crippen LogP contribution in [0.3, 0.4) is 0 Å². The van der Waals surface area contributed by atoms with Crippen LogP contribution in [0.15, 0.2) is 59.5 Å². The van der Waals surface area contributed by atoms with Gasteiger partial charge in [0.05, 0.1) is 26.7 Å². The molecule has 5 nitrogen and oxygen atoms in total. The summed E-state index contributed by atoms with van der Waals surface area (Å²) in [5, 5.41) is 0.0139. The first-order chi connectivity index (χ1) is 18.3. The molecule has 0 aliphatic heterocycles. The lowest BCUT2D eigenvalue weighted by Gasteiger charge is -2.49. The van der Waals surface area contributed by atoms with E-state index in [1.165, 1.54) is 24.3 Å². The Morgan fingerprint density at radius 1 is 0.975 bits per heavy atom. The molecule has 1 aliphatic carbocycles. The fraction of sp³-hybridized carbons (Fsp3) is 0.600. The third-order valence-corrected chi connectivity index (χ3v) is 16.4. The van der Waals surface area contributed by atoms with E-state index in [9.17, 15) is 17.0 Å². The van der Waals surface area contributed by atoms with E-state index in [0.717, 1.165) is 0 Å². The molecule has 0 saturated heterocycles. The molecule has 1 N–H and O–H groups in total. The first-order valence-electron chi connectivity index (χ1n) is 13.9. The summed E-state index contributed by atoms with van der Waals surface area (Å²) in [5.41, 5.74) is -2.85. The van der Waals surface area contributed by atoms with Gasteiger partial charge in [-0.15, -0.1) is 0 Å². The Morgan fingerprint density at radius 2 is 1.50 bits per heavy atom. The van der Waals surface area contributed by atoms with Gasteiger partial charge in [-0.25, -0.2) is 26.1 Å². The zero-order valence-electron chi connectivity index (χ0n) is 25.0. The lowest BCUT2D eigenvalue weighted by molar-refractivity contribution is 0.0813. The first-order valence-corrected chi connectivity index (χ1v) is 19.5. The molecule has 2 aromatic rings. The van der Waals surface area contributed by atoms with Crippen LogP contribution in [0.5, 0.6) is 0 Å². The molecule has 0 heterocycles. The molecule has 0 aromatic heterocycles. The predicted octanol–water partition coefficient (Wildman–Crippen LogP) is 7.22. The van der Waals surface area contributed by atoms with Crippen LogP contribution in [0, 0.1) is 5.82 Å². The van der Waals surface area contributed by atoms with Gasteiger partial charge >= 0.3 is 0 Å². The Morgan fingerprint density at radius 3 is 1.98 bits per heavy atom. The molecule has 2 aromatic carbocycles. The Kier molecular flexibility index (Phi) is 9.94. The van der Waals surface area contributed by atoms with Crippen LogP contribution in [-0.2, 0) is 30.7 Å². The molecule has 1 aliphatic rings. The number of halogens is 2. The van der Waals surface area contributed by atoms with Crippen LogP contribution in [0.1, 0.15) is 72.8 Å². The number of nitrogens with one attached hydrogen (secondary N) is 1. The van der Waals surface area contributed by atoms with Gasteiger partial charge in [-0.1, -0.05) is 51.1 Å². The van der Waals surface area contributed by atoms with Crippen molar-refractivity contribution in [3.05, 3.63) is 66.0 Å². The van der Waals surface area contributed by atoms with E-state index in [1.807, 2.05) is 0 Å². The van der Waals surface area contributed by atoms with Crippen molar-refractivity contribution in [3.63, 3.8) is 0 Å². The van der Waals surface area contributed by atoms with Gasteiger partial charge in [0.25, 0.3) is 0 Å². The van der Waals surface area contributed by atoms with Crippen LogP contribution < -0.4 is 4.72 Å². The van der Waals surface area contributed by atoms with Gasteiger partial charge in [0, 0.05) is 11.5 Å². The maximum absolute atomic E-state index is 16.7. The zero-order valence-corrected chi connectivity index (χ0v) is 27.6. The molecule has 0 radical (unpaired) electrons. The van der Waals surface area contributed by atoms with Crippen molar-refractivity contribution in [2.75, 3.05) is 0 Å². The van der Waals surface area contributed by atoms with E-state index in [-0.39, 0.29) is 16.0 Å². The minimum absolute atomic E-state index is 0.0139. The topological polar surface area (TPSA) is 72.5 Å². The standard InChI is InChI=1S/C30H45F2NO4S2Si/c1-28(2,3)38(34)33-26(27(32)39(35,36)25-12-10-9-11-13-25)30(22-14-16-23(31)17-15-22)20-18-24(19-21-30)37-40(7,8)29(4,5)6/h9-17,24,26-27,33H,18-21H2,1-8H3. The Labute approximate surface area is 243 Å². The van der Waals surface area contributed by atoms with Crippen molar-refractivity contribution in [3.8, 4) is 0 Å². The summed E-state index contributed by atoms with van der Waals surface area (Å²) in [7, 11) is -8.31. The largest absolute Gasteiger partial charge is 0.414 e. The fourth-order valence-electron chi connectivity index (χ4n) is 5.01. The van der Waals surface area contributed by atoms with Gasteiger partial charge in [0.1, 0.15) is 5.82 Å². The highest BCUT2D eigenvalue weighted by Crippen LogP contribution is 2.48. The van der Waals surface area contributed by atoms with Gasteiger partial charge < -0.3 is 4.43 Å². The van der Waals surface area contributed by atoms with E-state index in [0.29, 0.717) is 31.2 Å². The number of hydrogen-bond donors (Lipinski definition) is 1. The fourth-order valence-corrected chi connectivity index (χ4v) is 8.93. The average Bonchev–Trinajstić information content (AvgIpc) is 2.87. The summed E-state index contributed by atoms with van der Waals surface area (Å²) in [4.78, 5) is -0.139. The molecule has 0 amide bonds. The second-order valence-corrected chi connectivity index (χ2v) is 22.2. The number of alkyl halides is 1. The maximum Gasteiger partial charge on any atom is 0.222 e. The highest BCUT2D eigenvalue weighted by Gasteiger charge is 2.53. The molecule has 1 saturated carbocycles. The predicted molar refractivity (Wildman–Crippen MR) is 162 cm³/mol.